The quantitative estimate of drug-likeness (QED) is 0.838. The number of anilines is 3. The largest absolute Gasteiger partial charge is 0.383 e. The first-order valence-corrected chi connectivity index (χ1v) is 6.89. The summed E-state index contributed by atoms with van der Waals surface area (Å²) < 4.78 is 1.95. The highest BCUT2D eigenvalue weighted by Crippen LogP contribution is 2.30. The number of nitrogens with zero attached hydrogens (tertiary/aromatic N) is 2. The fourth-order valence-electron chi connectivity index (χ4n) is 1.49. The Hall–Kier alpha value is -1.14. The van der Waals surface area contributed by atoms with E-state index in [4.69, 9.17) is 5.73 Å². The maximum absolute atomic E-state index is 5.83. The van der Waals surface area contributed by atoms with Crippen LogP contribution in [-0.4, -0.2) is 9.97 Å². The molecule has 18 heavy (non-hydrogen) atoms. The molecule has 0 aliphatic rings. The molecule has 0 aliphatic carbocycles. The van der Waals surface area contributed by atoms with Gasteiger partial charge in [0.2, 0.25) is 0 Å². The van der Waals surface area contributed by atoms with Gasteiger partial charge in [-0.05, 0) is 48.0 Å². The van der Waals surface area contributed by atoms with Crippen LogP contribution in [0.2, 0.25) is 0 Å². The van der Waals surface area contributed by atoms with Gasteiger partial charge < -0.3 is 11.1 Å². The molecule has 0 bridgehead atoms. The van der Waals surface area contributed by atoms with Crippen LogP contribution in [-0.2, 0) is 0 Å². The van der Waals surface area contributed by atoms with Gasteiger partial charge in [0, 0.05) is 14.5 Å². The minimum atomic E-state index is 0.496. The van der Waals surface area contributed by atoms with E-state index in [1.54, 1.807) is 0 Å². The average molecular weight is 372 g/mol. The van der Waals surface area contributed by atoms with Gasteiger partial charge in [-0.25, -0.2) is 9.97 Å². The minimum absolute atomic E-state index is 0.496. The topological polar surface area (TPSA) is 63.8 Å². The summed E-state index contributed by atoms with van der Waals surface area (Å²) in [5, 5.41) is 3.25. The summed E-state index contributed by atoms with van der Waals surface area (Å²) in [6.45, 7) is 3.71. The maximum Gasteiger partial charge on any atom is 0.139 e. The number of hydrogen-bond acceptors (Lipinski definition) is 4. The molecule has 4 nitrogen and oxygen atoms in total. The summed E-state index contributed by atoms with van der Waals surface area (Å²) in [5.41, 5.74) is 7.59. The van der Waals surface area contributed by atoms with Gasteiger partial charge in [0.15, 0.2) is 0 Å². The molecule has 2 aromatic rings. The van der Waals surface area contributed by atoms with E-state index in [1.807, 2.05) is 32.0 Å². The first-order chi connectivity index (χ1) is 8.47. The summed E-state index contributed by atoms with van der Waals surface area (Å²) in [7, 11) is 0. The van der Waals surface area contributed by atoms with Crippen LogP contribution in [0.1, 0.15) is 11.4 Å². The van der Waals surface area contributed by atoms with Gasteiger partial charge in [-0.2, -0.15) is 0 Å². The number of nitrogen functional groups attached to an aromatic ring is 1. The lowest BCUT2D eigenvalue weighted by molar-refractivity contribution is 1.04. The molecule has 0 saturated heterocycles. The normalized spacial score (nSPS) is 10.4. The summed E-state index contributed by atoms with van der Waals surface area (Å²) >= 11 is 6.93. The van der Waals surface area contributed by atoms with Crippen molar-refractivity contribution in [2.75, 3.05) is 11.1 Å². The molecule has 0 unspecified atom stereocenters. The Kier molecular flexibility index (Phi) is 3.87. The zero-order valence-electron chi connectivity index (χ0n) is 9.96. The summed E-state index contributed by atoms with van der Waals surface area (Å²) in [6.07, 6.45) is 0. The van der Waals surface area contributed by atoms with E-state index >= 15 is 0 Å². The van der Waals surface area contributed by atoms with Gasteiger partial charge in [-0.1, -0.05) is 15.9 Å². The minimum Gasteiger partial charge on any atom is -0.383 e. The molecule has 0 atom stereocenters. The number of nitrogens with one attached hydrogen (secondary N) is 1. The molecule has 0 spiro atoms. The zero-order chi connectivity index (χ0) is 13.3. The molecule has 1 aromatic carbocycles. The lowest BCUT2D eigenvalue weighted by atomic mass is 10.2. The van der Waals surface area contributed by atoms with Crippen molar-refractivity contribution >= 4 is 49.2 Å². The third-order valence-electron chi connectivity index (χ3n) is 2.48. The number of hydrogen-bond donors (Lipinski definition) is 2. The molecule has 94 valence electrons. The Labute approximate surface area is 122 Å². The predicted molar refractivity (Wildman–Crippen MR) is 81.0 cm³/mol. The summed E-state index contributed by atoms with van der Waals surface area (Å²) in [5.74, 6) is 1.86. The van der Waals surface area contributed by atoms with Gasteiger partial charge in [-0.3, -0.25) is 0 Å². The molecular weight excluding hydrogens is 360 g/mol. The molecule has 2 rings (SSSR count). The van der Waals surface area contributed by atoms with E-state index in [-0.39, 0.29) is 0 Å². The fourth-order valence-corrected chi connectivity index (χ4v) is 2.20. The van der Waals surface area contributed by atoms with Crippen molar-refractivity contribution in [3.63, 3.8) is 0 Å². The van der Waals surface area contributed by atoms with E-state index < -0.39 is 0 Å². The summed E-state index contributed by atoms with van der Waals surface area (Å²) in [4.78, 5) is 8.48. The van der Waals surface area contributed by atoms with Crippen LogP contribution in [0.5, 0.6) is 0 Å². The number of halogens is 2. The maximum atomic E-state index is 5.83. The van der Waals surface area contributed by atoms with E-state index in [9.17, 15) is 0 Å². The van der Waals surface area contributed by atoms with Crippen LogP contribution in [0.25, 0.3) is 0 Å². The van der Waals surface area contributed by atoms with Crippen LogP contribution in [0.15, 0.2) is 27.1 Å². The Morgan fingerprint density at radius 2 is 1.89 bits per heavy atom. The van der Waals surface area contributed by atoms with Crippen LogP contribution in [0, 0.1) is 13.8 Å². The van der Waals surface area contributed by atoms with Gasteiger partial charge in [-0.15, -0.1) is 0 Å². The predicted octanol–water partition coefficient (Wildman–Crippen LogP) is 3.94. The second kappa shape index (κ2) is 5.24. The Morgan fingerprint density at radius 1 is 1.17 bits per heavy atom. The van der Waals surface area contributed by atoms with Crippen LogP contribution >= 0.6 is 31.9 Å². The number of rotatable bonds is 2. The Morgan fingerprint density at radius 3 is 2.61 bits per heavy atom. The van der Waals surface area contributed by atoms with Crippen molar-refractivity contribution in [3.8, 4) is 0 Å². The third-order valence-corrected chi connectivity index (χ3v) is 3.66. The zero-order valence-corrected chi connectivity index (χ0v) is 13.1. The molecule has 6 heteroatoms. The molecule has 1 heterocycles. The average Bonchev–Trinajstić information content (AvgIpc) is 2.30. The Balaban J connectivity index is 2.43. The van der Waals surface area contributed by atoms with Crippen LogP contribution in [0.4, 0.5) is 17.3 Å². The van der Waals surface area contributed by atoms with E-state index in [1.165, 1.54) is 0 Å². The number of benzene rings is 1. The lowest BCUT2D eigenvalue weighted by Gasteiger charge is -2.12. The first-order valence-electron chi connectivity index (χ1n) is 5.30. The highest BCUT2D eigenvalue weighted by molar-refractivity contribution is 9.11. The monoisotopic (exact) mass is 370 g/mol. The van der Waals surface area contributed by atoms with Gasteiger partial charge >= 0.3 is 0 Å². The van der Waals surface area contributed by atoms with Crippen molar-refractivity contribution < 1.29 is 0 Å². The number of aromatic nitrogens is 2. The van der Waals surface area contributed by atoms with Crippen molar-refractivity contribution in [2.24, 2.45) is 0 Å². The second-order valence-corrected chi connectivity index (χ2v) is 5.65. The van der Waals surface area contributed by atoms with Crippen molar-refractivity contribution in [1.82, 2.24) is 9.97 Å². The smallest absolute Gasteiger partial charge is 0.139 e. The lowest BCUT2D eigenvalue weighted by Crippen LogP contribution is -2.05. The molecule has 1 aromatic heterocycles. The summed E-state index contributed by atoms with van der Waals surface area (Å²) in [6, 6.07) is 5.89. The molecule has 0 saturated carbocycles. The molecule has 0 fully saturated rings. The van der Waals surface area contributed by atoms with Crippen LogP contribution in [0.3, 0.4) is 0 Å². The standard InChI is InChI=1S/C12H12Br2N4/c1-6-11(15)16-7(2)17-12(6)18-10-5-8(13)3-4-9(10)14/h3-5H,1-2H3,(H3,15,16,17,18). The molecule has 0 radical (unpaired) electrons. The van der Waals surface area contributed by atoms with Crippen molar-refractivity contribution in [2.45, 2.75) is 13.8 Å². The van der Waals surface area contributed by atoms with Gasteiger partial charge in [0.05, 0.1) is 5.69 Å². The van der Waals surface area contributed by atoms with Gasteiger partial charge in [0.1, 0.15) is 17.5 Å². The van der Waals surface area contributed by atoms with E-state index in [2.05, 4.69) is 47.1 Å². The fraction of sp³-hybridized carbons (Fsp3) is 0.167. The number of nitrogens with two attached hydrogens (primary N) is 1. The molecule has 3 N–H and O–H groups in total. The highest BCUT2D eigenvalue weighted by atomic mass is 79.9. The first kappa shape index (κ1) is 13.3. The van der Waals surface area contributed by atoms with Crippen molar-refractivity contribution in [3.05, 3.63) is 38.5 Å². The van der Waals surface area contributed by atoms with Gasteiger partial charge in [0.25, 0.3) is 0 Å². The van der Waals surface area contributed by atoms with Crippen molar-refractivity contribution in [1.29, 1.82) is 0 Å². The molecular formula is C12H12Br2N4. The SMILES string of the molecule is Cc1nc(N)c(C)c(Nc2cc(Br)ccc2Br)n1. The number of aryl methyl sites for hydroxylation is 1. The third kappa shape index (κ3) is 2.81. The highest BCUT2D eigenvalue weighted by Gasteiger charge is 2.08. The van der Waals surface area contributed by atoms with E-state index in [0.717, 1.165) is 26.0 Å². The van der Waals surface area contributed by atoms with Crippen LogP contribution < -0.4 is 11.1 Å². The molecule has 0 aliphatic heterocycles. The molecule has 0 amide bonds. The second-order valence-electron chi connectivity index (χ2n) is 3.88. The Bertz CT molecular complexity index is 599. The van der Waals surface area contributed by atoms with E-state index in [0.29, 0.717) is 11.6 Å².